The molecule has 0 saturated heterocycles. The predicted molar refractivity (Wildman–Crippen MR) is 61.8 cm³/mol. The third-order valence-electron chi connectivity index (χ3n) is 2.97. The highest BCUT2D eigenvalue weighted by Crippen LogP contribution is 2.24. The molecule has 0 aromatic carbocycles. The molecule has 0 aromatic heterocycles. The average Bonchev–Trinajstić information content (AvgIpc) is 2.17. The summed E-state index contributed by atoms with van der Waals surface area (Å²) in [6.07, 6.45) is 3.96. The Morgan fingerprint density at radius 1 is 1.27 bits per heavy atom. The van der Waals surface area contributed by atoms with Gasteiger partial charge in [-0.25, -0.2) is 0 Å². The van der Waals surface area contributed by atoms with Gasteiger partial charge in [-0.3, -0.25) is 0 Å². The van der Waals surface area contributed by atoms with E-state index in [1.165, 1.54) is 6.42 Å². The van der Waals surface area contributed by atoms with Gasteiger partial charge in [-0.2, -0.15) is 0 Å². The summed E-state index contributed by atoms with van der Waals surface area (Å²) >= 11 is 0. The van der Waals surface area contributed by atoms with Gasteiger partial charge in [-0.1, -0.05) is 6.92 Å². The monoisotopic (exact) mass is 215 g/mol. The van der Waals surface area contributed by atoms with Crippen LogP contribution in [-0.2, 0) is 9.47 Å². The fourth-order valence-electron chi connectivity index (χ4n) is 2.03. The zero-order chi connectivity index (χ0) is 11.3. The first-order valence-electron chi connectivity index (χ1n) is 6.08. The van der Waals surface area contributed by atoms with Gasteiger partial charge < -0.3 is 15.2 Å². The maximum Gasteiger partial charge on any atom is 0.0729 e. The second-order valence-corrected chi connectivity index (χ2v) is 4.91. The molecule has 1 fully saturated rings. The van der Waals surface area contributed by atoms with Gasteiger partial charge in [0.05, 0.1) is 25.4 Å². The second kappa shape index (κ2) is 6.46. The van der Waals surface area contributed by atoms with Crippen LogP contribution in [-0.4, -0.2) is 31.5 Å². The van der Waals surface area contributed by atoms with Gasteiger partial charge in [0.25, 0.3) is 0 Å². The first-order chi connectivity index (χ1) is 7.09. The van der Waals surface area contributed by atoms with E-state index in [-0.39, 0.29) is 18.2 Å². The summed E-state index contributed by atoms with van der Waals surface area (Å²) in [5.74, 6) is 0.751. The van der Waals surface area contributed by atoms with E-state index in [2.05, 4.69) is 6.92 Å². The fourth-order valence-corrected chi connectivity index (χ4v) is 2.03. The van der Waals surface area contributed by atoms with E-state index < -0.39 is 0 Å². The standard InChI is InChI=1S/C12H25NO2/c1-9(2)14-6-7-15-12-8-10(3)4-5-11(12)13/h9-12H,4-8,13H2,1-3H3. The van der Waals surface area contributed by atoms with Gasteiger partial charge >= 0.3 is 0 Å². The largest absolute Gasteiger partial charge is 0.376 e. The normalized spacial score (nSPS) is 32.2. The molecule has 0 spiro atoms. The molecule has 0 radical (unpaired) electrons. The lowest BCUT2D eigenvalue weighted by molar-refractivity contribution is -0.0381. The van der Waals surface area contributed by atoms with Crippen LogP contribution in [0.15, 0.2) is 0 Å². The first kappa shape index (κ1) is 12.9. The van der Waals surface area contributed by atoms with Gasteiger partial charge in [0.2, 0.25) is 0 Å². The molecule has 1 aliphatic rings. The molecule has 90 valence electrons. The van der Waals surface area contributed by atoms with Gasteiger partial charge in [0.15, 0.2) is 0 Å². The summed E-state index contributed by atoms with van der Waals surface area (Å²) in [6.45, 7) is 7.69. The van der Waals surface area contributed by atoms with Crippen LogP contribution in [0.3, 0.4) is 0 Å². The van der Waals surface area contributed by atoms with E-state index in [0.717, 1.165) is 18.8 Å². The van der Waals surface area contributed by atoms with Crippen molar-refractivity contribution in [1.29, 1.82) is 0 Å². The lowest BCUT2D eigenvalue weighted by atomic mass is 9.85. The van der Waals surface area contributed by atoms with Crippen molar-refractivity contribution >= 4 is 0 Å². The summed E-state index contributed by atoms with van der Waals surface area (Å²) in [6, 6.07) is 0.222. The first-order valence-corrected chi connectivity index (χ1v) is 6.08. The number of hydrogen-bond donors (Lipinski definition) is 1. The molecule has 1 saturated carbocycles. The molecule has 1 rings (SSSR count). The molecule has 3 atom stereocenters. The van der Waals surface area contributed by atoms with Crippen LogP contribution < -0.4 is 5.73 Å². The van der Waals surface area contributed by atoms with E-state index in [1.807, 2.05) is 13.8 Å². The molecule has 0 aromatic rings. The van der Waals surface area contributed by atoms with E-state index in [9.17, 15) is 0 Å². The highest BCUT2D eigenvalue weighted by Gasteiger charge is 2.26. The molecule has 3 unspecified atom stereocenters. The molecular weight excluding hydrogens is 190 g/mol. The zero-order valence-electron chi connectivity index (χ0n) is 10.2. The van der Waals surface area contributed by atoms with E-state index in [0.29, 0.717) is 13.2 Å². The number of ether oxygens (including phenoxy) is 2. The smallest absolute Gasteiger partial charge is 0.0729 e. The Morgan fingerprint density at radius 2 is 2.00 bits per heavy atom. The summed E-state index contributed by atoms with van der Waals surface area (Å²) < 4.78 is 11.2. The highest BCUT2D eigenvalue weighted by molar-refractivity contribution is 4.81. The lowest BCUT2D eigenvalue weighted by Gasteiger charge is -2.32. The minimum Gasteiger partial charge on any atom is -0.376 e. The van der Waals surface area contributed by atoms with Crippen molar-refractivity contribution in [3.05, 3.63) is 0 Å². The fraction of sp³-hybridized carbons (Fsp3) is 1.00. The maximum absolute atomic E-state index is 6.02. The summed E-state index contributed by atoms with van der Waals surface area (Å²) in [7, 11) is 0. The quantitative estimate of drug-likeness (QED) is 0.713. The molecule has 1 aliphatic carbocycles. The third kappa shape index (κ3) is 4.96. The SMILES string of the molecule is CC1CCC(N)C(OCCOC(C)C)C1. The topological polar surface area (TPSA) is 44.5 Å². The minimum absolute atomic E-state index is 0.222. The van der Waals surface area contributed by atoms with Crippen molar-refractivity contribution in [3.8, 4) is 0 Å². The molecule has 15 heavy (non-hydrogen) atoms. The average molecular weight is 215 g/mol. The molecule has 0 bridgehead atoms. The molecule has 2 N–H and O–H groups in total. The molecular formula is C12H25NO2. The van der Waals surface area contributed by atoms with E-state index in [4.69, 9.17) is 15.2 Å². The van der Waals surface area contributed by atoms with E-state index in [1.54, 1.807) is 0 Å². The van der Waals surface area contributed by atoms with Gasteiger partial charge in [-0.05, 0) is 39.0 Å². The Hall–Kier alpha value is -0.120. The number of hydrogen-bond acceptors (Lipinski definition) is 3. The Labute approximate surface area is 93.3 Å². The minimum atomic E-state index is 0.222. The summed E-state index contributed by atoms with van der Waals surface area (Å²) in [5, 5.41) is 0. The van der Waals surface area contributed by atoms with E-state index >= 15 is 0 Å². The lowest BCUT2D eigenvalue weighted by Crippen LogP contribution is -2.42. The number of rotatable bonds is 5. The Kier molecular flexibility index (Phi) is 5.58. The van der Waals surface area contributed by atoms with Crippen molar-refractivity contribution < 1.29 is 9.47 Å². The third-order valence-corrected chi connectivity index (χ3v) is 2.97. The van der Waals surface area contributed by atoms with Gasteiger partial charge in [0, 0.05) is 6.04 Å². The summed E-state index contributed by atoms with van der Waals surface area (Å²) in [4.78, 5) is 0. The molecule has 3 heteroatoms. The second-order valence-electron chi connectivity index (χ2n) is 4.91. The van der Waals surface area contributed by atoms with Gasteiger partial charge in [-0.15, -0.1) is 0 Å². The van der Waals surface area contributed by atoms with Crippen LogP contribution in [0.25, 0.3) is 0 Å². The number of nitrogens with two attached hydrogens (primary N) is 1. The highest BCUT2D eigenvalue weighted by atomic mass is 16.5. The van der Waals surface area contributed by atoms with Crippen LogP contribution in [0.5, 0.6) is 0 Å². The Morgan fingerprint density at radius 3 is 2.67 bits per heavy atom. The zero-order valence-corrected chi connectivity index (χ0v) is 10.2. The van der Waals surface area contributed by atoms with Crippen LogP contribution in [0, 0.1) is 5.92 Å². The molecule has 0 aliphatic heterocycles. The van der Waals surface area contributed by atoms with Crippen molar-refractivity contribution in [2.75, 3.05) is 13.2 Å². The van der Waals surface area contributed by atoms with Crippen molar-refractivity contribution in [2.24, 2.45) is 11.7 Å². The Balaban J connectivity index is 2.13. The summed E-state index contributed by atoms with van der Waals surface area (Å²) in [5.41, 5.74) is 6.02. The van der Waals surface area contributed by atoms with Crippen LogP contribution in [0.2, 0.25) is 0 Å². The van der Waals surface area contributed by atoms with Crippen LogP contribution >= 0.6 is 0 Å². The molecule has 3 nitrogen and oxygen atoms in total. The van der Waals surface area contributed by atoms with Crippen LogP contribution in [0.4, 0.5) is 0 Å². The van der Waals surface area contributed by atoms with Crippen molar-refractivity contribution in [2.45, 2.75) is 58.3 Å². The van der Waals surface area contributed by atoms with Crippen molar-refractivity contribution in [1.82, 2.24) is 0 Å². The van der Waals surface area contributed by atoms with Crippen molar-refractivity contribution in [3.63, 3.8) is 0 Å². The molecule has 0 amide bonds. The van der Waals surface area contributed by atoms with Gasteiger partial charge in [0.1, 0.15) is 0 Å². The predicted octanol–water partition coefficient (Wildman–Crippen LogP) is 1.94. The Bertz CT molecular complexity index is 173. The molecule has 0 heterocycles. The van der Waals surface area contributed by atoms with Crippen LogP contribution in [0.1, 0.15) is 40.0 Å². The maximum atomic E-state index is 6.02.